The average Bonchev–Trinajstić information content (AvgIpc) is 3.12. The molecule has 0 radical (unpaired) electrons. The molecule has 126 valence electrons. The van der Waals surface area contributed by atoms with Gasteiger partial charge in [0.1, 0.15) is 0 Å². The first-order chi connectivity index (χ1) is 11.1. The number of hydrogen-bond donors (Lipinski definition) is 1. The number of carbonyl (C=O) groups excluding carboxylic acids is 2. The minimum atomic E-state index is -0.118. The number of aryl methyl sites for hydroxylation is 1. The second-order valence-electron chi connectivity index (χ2n) is 5.55. The zero-order valence-electron chi connectivity index (χ0n) is 13.8. The predicted molar refractivity (Wildman–Crippen MR) is 86.7 cm³/mol. The minimum Gasteiger partial charge on any atom is -0.493 e. The molecule has 0 saturated carbocycles. The fraction of sp³-hybridized carbons (Fsp3) is 0.529. The summed E-state index contributed by atoms with van der Waals surface area (Å²) in [4.78, 5) is 25.5. The number of hydrogen-bond acceptors (Lipinski definition) is 4. The van der Waals surface area contributed by atoms with Gasteiger partial charge in [0, 0.05) is 19.5 Å². The molecular formula is C17H24N2O4. The summed E-state index contributed by atoms with van der Waals surface area (Å²) in [6.45, 7) is 1.70. The van der Waals surface area contributed by atoms with Gasteiger partial charge in [-0.2, -0.15) is 0 Å². The van der Waals surface area contributed by atoms with Crippen molar-refractivity contribution in [3.8, 4) is 11.5 Å². The molecule has 23 heavy (non-hydrogen) atoms. The van der Waals surface area contributed by atoms with Crippen LogP contribution in [0.3, 0.4) is 0 Å². The van der Waals surface area contributed by atoms with E-state index in [1.54, 1.807) is 19.1 Å². The first-order valence-corrected chi connectivity index (χ1v) is 7.89. The summed E-state index contributed by atoms with van der Waals surface area (Å²) in [6.07, 6.45) is 3.03. The van der Waals surface area contributed by atoms with Crippen LogP contribution >= 0.6 is 0 Å². The summed E-state index contributed by atoms with van der Waals surface area (Å²) in [5, 5.41) is 2.69. The van der Waals surface area contributed by atoms with Crippen LogP contribution in [0.15, 0.2) is 18.2 Å². The fourth-order valence-corrected chi connectivity index (χ4v) is 2.63. The fourth-order valence-electron chi connectivity index (χ4n) is 2.63. The van der Waals surface area contributed by atoms with Crippen LogP contribution in [0.1, 0.15) is 24.8 Å². The van der Waals surface area contributed by atoms with E-state index in [-0.39, 0.29) is 18.4 Å². The first kappa shape index (κ1) is 17.1. The van der Waals surface area contributed by atoms with Crippen molar-refractivity contribution in [3.63, 3.8) is 0 Å². The maximum absolute atomic E-state index is 11.9. The Bertz CT molecular complexity index is 554. The van der Waals surface area contributed by atoms with Crippen LogP contribution in [0, 0.1) is 0 Å². The van der Waals surface area contributed by atoms with Crippen molar-refractivity contribution in [1.82, 2.24) is 10.2 Å². The van der Waals surface area contributed by atoms with Gasteiger partial charge in [0.25, 0.3) is 0 Å². The number of nitrogens with zero attached hydrogens (tertiary/aromatic N) is 1. The molecule has 1 aliphatic heterocycles. The number of benzene rings is 1. The molecule has 1 aromatic rings. The average molecular weight is 320 g/mol. The molecule has 0 bridgehead atoms. The Kier molecular flexibility index (Phi) is 6.26. The molecule has 1 saturated heterocycles. The van der Waals surface area contributed by atoms with E-state index in [1.807, 2.05) is 18.2 Å². The van der Waals surface area contributed by atoms with Gasteiger partial charge in [0.05, 0.1) is 20.8 Å². The van der Waals surface area contributed by atoms with Crippen LogP contribution in [0.2, 0.25) is 0 Å². The summed E-state index contributed by atoms with van der Waals surface area (Å²) in [7, 11) is 3.17. The number of carbonyl (C=O) groups is 2. The van der Waals surface area contributed by atoms with Crippen LogP contribution < -0.4 is 14.8 Å². The third kappa shape index (κ3) is 4.87. The van der Waals surface area contributed by atoms with Crippen molar-refractivity contribution in [1.29, 1.82) is 0 Å². The zero-order chi connectivity index (χ0) is 16.7. The van der Waals surface area contributed by atoms with Crippen LogP contribution in [0.25, 0.3) is 0 Å². The SMILES string of the molecule is COc1ccc(CCC(=O)NCC(=O)N2CCCC2)cc1OC. The van der Waals surface area contributed by atoms with E-state index in [1.165, 1.54) is 0 Å². The van der Waals surface area contributed by atoms with Gasteiger partial charge in [-0.1, -0.05) is 6.07 Å². The maximum atomic E-state index is 11.9. The maximum Gasteiger partial charge on any atom is 0.241 e. The van der Waals surface area contributed by atoms with Gasteiger partial charge in [-0.05, 0) is 37.0 Å². The number of nitrogens with one attached hydrogen (secondary N) is 1. The lowest BCUT2D eigenvalue weighted by Crippen LogP contribution is -2.38. The predicted octanol–water partition coefficient (Wildman–Crippen LogP) is 1.37. The summed E-state index contributed by atoms with van der Waals surface area (Å²) < 4.78 is 10.4. The second kappa shape index (κ2) is 8.41. The Morgan fingerprint density at radius 2 is 1.83 bits per heavy atom. The highest BCUT2D eigenvalue weighted by Crippen LogP contribution is 2.27. The number of rotatable bonds is 7. The van der Waals surface area contributed by atoms with Crippen molar-refractivity contribution in [2.75, 3.05) is 33.9 Å². The zero-order valence-corrected chi connectivity index (χ0v) is 13.8. The normalized spacial score (nSPS) is 13.7. The van der Waals surface area contributed by atoms with E-state index in [0.717, 1.165) is 31.5 Å². The molecular weight excluding hydrogens is 296 g/mol. The molecule has 0 unspecified atom stereocenters. The lowest BCUT2D eigenvalue weighted by atomic mass is 10.1. The smallest absolute Gasteiger partial charge is 0.241 e. The van der Waals surface area contributed by atoms with Gasteiger partial charge >= 0.3 is 0 Å². The Balaban J connectivity index is 1.76. The Morgan fingerprint density at radius 1 is 1.13 bits per heavy atom. The van der Waals surface area contributed by atoms with Crippen molar-refractivity contribution < 1.29 is 19.1 Å². The Hall–Kier alpha value is -2.24. The summed E-state index contributed by atoms with van der Waals surface area (Å²) in [5.41, 5.74) is 0.990. The molecule has 1 aromatic carbocycles. The highest BCUT2D eigenvalue weighted by molar-refractivity contribution is 5.84. The van der Waals surface area contributed by atoms with Gasteiger partial charge in [-0.25, -0.2) is 0 Å². The van der Waals surface area contributed by atoms with Gasteiger partial charge in [-0.15, -0.1) is 0 Å². The molecule has 0 spiro atoms. The molecule has 0 aliphatic carbocycles. The number of methoxy groups -OCH3 is 2. The first-order valence-electron chi connectivity index (χ1n) is 7.89. The van der Waals surface area contributed by atoms with E-state index < -0.39 is 0 Å². The van der Waals surface area contributed by atoms with E-state index in [2.05, 4.69) is 5.32 Å². The lowest BCUT2D eigenvalue weighted by Gasteiger charge is -2.15. The summed E-state index contributed by atoms with van der Waals surface area (Å²) in [5.74, 6) is 1.20. The number of likely N-dealkylation sites (tertiary alicyclic amines) is 1. The summed E-state index contributed by atoms with van der Waals surface area (Å²) in [6, 6.07) is 5.59. The van der Waals surface area contributed by atoms with Gasteiger partial charge < -0.3 is 19.7 Å². The molecule has 1 N–H and O–H groups in total. The highest BCUT2D eigenvalue weighted by atomic mass is 16.5. The molecule has 1 fully saturated rings. The molecule has 1 heterocycles. The second-order valence-corrected chi connectivity index (χ2v) is 5.55. The van der Waals surface area contributed by atoms with Gasteiger partial charge in [-0.3, -0.25) is 9.59 Å². The Labute approximate surface area is 136 Å². The van der Waals surface area contributed by atoms with Gasteiger partial charge in [0.2, 0.25) is 11.8 Å². The molecule has 0 atom stereocenters. The van der Waals surface area contributed by atoms with Crippen LogP contribution in [-0.4, -0.2) is 50.6 Å². The standard InChI is InChI=1S/C17H24N2O4/c1-22-14-7-5-13(11-15(14)23-2)6-8-16(20)18-12-17(21)19-9-3-4-10-19/h5,7,11H,3-4,6,8-10,12H2,1-2H3,(H,18,20). The topological polar surface area (TPSA) is 67.9 Å². The van der Waals surface area contributed by atoms with Crippen LogP contribution in [0.5, 0.6) is 11.5 Å². The van der Waals surface area contributed by atoms with E-state index in [4.69, 9.17) is 9.47 Å². The molecule has 0 aromatic heterocycles. The van der Waals surface area contributed by atoms with Crippen LogP contribution in [0.4, 0.5) is 0 Å². The van der Waals surface area contributed by atoms with Gasteiger partial charge in [0.15, 0.2) is 11.5 Å². The molecule has 1 aliphatic rings. The highest BCUT2D eigenvalue weighted by Gasteiger charge is 2.18. The number of ether oxygens (including phenoxy) is 2. The summed E-state index contributed by atoms with van der Waals surface area (Å²) >= 11 is 0. The van der Waals surface area contributed by atoms with E-state index in [9.17, 15) is 9.59 Å². The lowest BCUT2D eigenvalue weighted by molar-refractivity contribution is -0.132. The Morgan fingerprint density at radius 3 is 2.48 bits per heavy atom. The largest absolute Gasteiger partial charge is 0.493 e. The minimum absolute atomic E-state index is 0.00182. The van der Waals surface area contributed by atoms with E-state index in [0.29, 0.717) is 24.3 Å². The monoisotopic (exact) mass is 320 g/mol. The molecule has 2 amide bonds. The third-order valence-electron chi connectivity index (χ3n) is 3.98. The van der Waals surface area contributed by atoms with Crippen LogP contribution in [-0.2, 0) is 16.0 Å². The molecule has 6 nitrogen and oxygen atoms in total. The van der Waals surface area contributed by atoms with Crippen molar-refractivity contribution in [2.45, 2.75) is 25.7 Å². The van der Waals surface area contributed by atoms with E-state index >= 15 is 0 Å². The quantitative estimate of drug-likeness (QED) is 0.824. The molecule has 2 rings (SSSR count). The number of amides is 2. The van der Waals surface area contributed by atoms with Crippen molar-refractivity contribution in [3.05, 3.63) is 23.8 Å². The van der Waals surface area contributed by atoms with Crippen molar-refractivity contribution in [2.24, 2.45) is 0 Å². The molecule has 6 heteroatoms. The van der Waals surface area contributed by atoms with Crippen molar-refractivity contribution >= 4 is 11.8 Å². The third-order valence-corrected chi connectivity index (χ3v) is 3.98.